The highest BCUT2D eigenvalue weighted by Crippen LogP contribution is 2.07. The fraction of sp³-hybridized carbons (Fsp3) is 0.312. The van der Waals surface area contributed by atoms with Gasteiger partial charge in [-0.2, -0.15) is 0 Å². The second-order valence-electron chi connectivity index (χ2n) is 2.52. The van der Waals surface area contributed by atoms with Crippen LogP contribution in [0.25, 0.3) is 0 Å². The lowest BCUT2D eigenvalue weighted by molar-refractivity contribution is -0.0979. The summed E-state index contributed by atoms with van der Waals surface area (Å²) in [4.78, 5) is 8.00. The van der Waals surface area contributed by atoms with Crippen molar-refractivity contribution in [1.82, 2.24) is 0 Å². The minimum atomic E-state index is 0.906. The van der Waals surface area contributed by atoms with Crippen LogP contribution in [0, 0.1) is 0 Å². The second-order valence-corrected chi connectivity index (χ2v) is 2.52. The zero-order chi connectivity index (χ0) is 14.8. The zero-order valence-electron chi connectivity index (χ0n) is 12.4. The normalized spacial score (nSPS) is 7.61. The van der Waals surface area contributed by atoms with E-state index in [0.717, 1.165) is 11.4 Å². The van der Waals surface area contributed by atoms with Crippen molar-refractivity contribution in [1.29, 1.82) is 0 Å². The summed E-state index contributed by atoms with van der Waals surface area (Å²) in [5.41, 5.74) is 1.98. The number of nitrogens with one attached hydrogen (secondary N) is 1. The van der Waals surface area contributed by atoms with E-state index < -0.39 is 0 Å². The van der Waals surface area contributed by atoms with Gasteiger partial charge in [-0.3, -0.25) is 0 Å². The Labute approximate surface area is 112 Å². The largest absolute Gasteiger partial charge is 0.356 e. The van der Waals surface area contributed by atoms with Gasteiger partial charge in [0.2, 0.25) is 0 Å². The van der Waals surface area contributed by atoms with Crippen LogP contribution in [0.5, 0.6) is 0 Å². The van der Waals surface area contributed by atoms with Crippen LogP contribution >= 0.6 is 0 Å². The molecular formula is C16H27NO. The Bertz CT molecular complexity index is 291. The van der Waals surface area contributed by atoms with Gasteiger partial charge in [0.1, 0.15) is 6.79 Å². The Hall–Kier alpha value is -1.83. The van der Waals surface area contributed by atoms with Gasteiger partial charge in [0.25, 0.3) is 0 Å². The number of carbonyl (C=O) groups excluding carboxylic acids is 1. The molecule has 0 aromatic heterocycles. The number of rotatable bonds is 3. The summed E-state index contributed by atoms with van der Waals surface area (Å²) in [6, 6.07) is 9.99. The molecule has 0 bridgehead atoms. The molecule has 0 fully saturated rings. The van der Waals surface area contributed by atoms with E-state index in [1.807, 2.05) is 83.9 Å². The van der Waals surface area contributed by atoms with Crippen molar-refractivity contribution in [3.8, 4) is 0 Å². The van der Waals surface area contributed by atoms with Gasteiger partial charge in [-0.1, -0.05) is 58.5 Å². The summed E-state index contributed by atoms with van der Waals surface area (Å²) in [6.07, 6.45) is 3.89. The van der Waals surface area contributed by atoms with Crippen molar-refractivity contribution in [3.05, 3.63) is 54.8 Å². The lowest BCUT2D eigenvalue weighted by Gasteiger charge is -2.03. The molecule has 0 spiro atoms. The third-order valence-electron chi connectivity index (χ3n) is 1.45. The molecule has 0 amide bonds. The Morgan fingerprint density at radius 3 is 1.89 bits per heavy atom. The summed E-state index contributed by atoms with van der Waals surface area (Å²) >= 11 is 0. The van der Waals surface area contributed by atoms with Crippen molar-refractivity contribution in [2.75, 3.05) is 5.32 Å². The van der Waals surface area contributed by atoms with Crippen LogP contribution in [0.15, 0.2) is 54.8 Å². The first kappa shape index (κ1) is 21.5. The summed E-state index contributed by atoms with van der Waals surface area (Å²) in [5, 5.41) is 3.16. The molecule has 18 heavy (non-hydrogen) atoms. The van der Waals surface area contributed by atoms with E-state index in [-0.39, 0.29) is 0 Å². The van der Waals surface area contributed by atoms with Gasteiger partial charge in [0, 0.05) is 11.4 Å². The standard InChI is InChI=1S/C11H13N.2C2H6.CH2O/c1-3-7-10(2)12-11-8-5-4-6-9-11;3*1-2/h3-9,12H,2H2,1H3;2*1-2H3;1H2/b7-3-;;;. The Morgan fingerprint density at radius 1 is 1.06 bits per heavy atom. The molecule has 0 unspecified atom stereocenters. The second kappa shape index (κ2) is 20.6. The molecule has 0 saturated carbocycles. The van der Waals surface area contributed by atoms with E-state index in [0.29, 0.717) is 0 Å². The fourth-order valence-corrected chi connectivity index (χ4v) is 0.950. The fourth-order valence-electron chi connectivity index (χ4n) is 0.950. The predicted molar refractivity (Wildman–Crippen MR) is 83.8 cm³/mol. The van der Waals surface area contributed by atoms with Crippen LogP contribution in [-0.2, 0) is 4.79 Å². The van der Waals surface area contributed by atoms with E-state index in [4.69, 9.17) is 4.79 Å². The van der Waals surface area contributed by atoms with E-state index in [9.17, 15) is 0 Å². The summed E-state index contributed by atoms with van der Waals surface area (Å²) in [5.74, 6) is 0. The summed E-state index contributed by atoms with van der Waals surface area (Å²) < 4.78 is 0. The minimum Gasteiger partial charge on any atom is -0.356 e. The van der Waals surface area contributed by atoms with Gasteiger partial charge in [0.15, 0.2) is 0 Å². The molecule has 1 aromatic rings. The summed E-state index contributed by atoms with van der Waals surface area (Å²) in [6.45, 7) is 15.8. The lowest BCUT2D eigenvalue weighted by Crippen LogP contribution is -1.93. The maximum atomic E-state index is 8.00. The third-order valence-corrected chi connectivity index (χ3v) is 1.45. The van der Waals surface area contributed by atoms with Gasteiger partial charge >= 0.3 is 0 Å². The van der Waals surface area contributed by atoms with Crippen LogP contribution < -0.4 is 5.32 Å². The van der Waals surface area contributed by atoms with Gasteiger partial charge in [0.05, 0.1) is 0 Å². The SMILES string of the molecule is C=C(/C=C\C)Nc1ccccc1.C=O.CC.CC. The first-order valence-electron chi connectivity index (χ1n) is 6.25. The van der Waals surface area contributed by atoms with Crippen molar-refractivity contribution >= 4 is 12.5 Å². The van der Waals surface area contributed by atoms with Crippen molar-refractivity contribution in [3.63, 3.8) is 0 Å². The highest BCUT2D eigenvalue weighted by Gasteiger charge is 1.88. The van der Waals surface area contributed by atoms with E-state index >= 15 is 0 Å². The van der Waals surface area contributed by atoms with Crippen LogP contribution in [0.4, 0.5) is 5.69 Å². The van der Waals surface area contributed by atoms with Crippen LogP contribution in [0.3, 0.4) is 0 Å². The Balaban J connectivity index is -0.000000328. The average molecular weight is 249 g/mol. The van der Waals surface area contributed by atoms with Crippen molar-refractivity contribution < 1.29 is 4.79 Å². The zero-order valence-corrected chi connectivity index (χ0v) is 12.4. The number of anilines is 1. The molecule has 0 atom stereocenters. The first-order chi connectivity index (χ1) is 8.83. The van der Waals surface area contributed by atoms with E-state index in [1.54, 1.807) is 0 Å². The number of hydrogen-bond donors (Lipinski definition) is 1. The van der Waals surface area contributed by atoms with E-state index in [2.05, 4.69) is 11.9 Å². The number of para-hydroxylation sites is 1. The third kappa shape index (κ3) is 14.2. The molecule has 0 radical (unpaired) electrons. The molecule has 102 valence electrons. The van der Waals surface area contributed by atoms with Crippen LogP contribution in [0.2, 0.25) is 0 Å². The monoisotopic (exact) mass is 249 g/mol. The first-order valence-corrected chi connectivity index (χ1v) is 6.25. The van der Waals surface area contributed by atoms with Gasteiger partial charge in [-0.25, -0.2) is 0 Å². The summed E-state index contributed by atoms with van der Waals surface area (Å²) in [7, 11) is 0. The predicted octanol–water partition coefficient (Wildman–Crippen LogP) is 5.06. The topological polar surface area (TPSA) is 29.1 Å². The number of carbonyl (C=O) groups is 1. The molecule has 2 nitrogen and oxygen atoms in total. The molecule has 0 saturated heterocycles. The van der Waals surface area contributed by atoms with Crippen molar-refractivity contribution in [2.24, 2.45) is 0 Å². The number of allylic oxidation sites excluding steroid dienone is 2. The number of hydrogen-bond acceptors (Lipinski definition) is 2. The Morgan fingerprint density at radius 2 is 1.50 bits per heavy atom. The Kier molecular flexibility index (Phi) is 24.5. The molecule has 0 aliphatic rings. The molecule has 2 heteroatoms. The molecule has 1 N–H and O–H groups in total. The average Bonchev–Trinajstić information content (AvgIpc) is 2.47. The minimum absolute atomic E-state index is 0.906. The molecule has 0 aliphatic carbocycles. The highest BCUT2D eigenvalue weighted by atomic mass is 16.1. The molecule has 1 rings (SSSR count). The van der Waals surface area contributed by atoms with Crippen LogP contribution in [-0.4, -0.2) is 6.79 Å². The smallest absolute Gasteiger partial charge is 0.106 e. The quantitative estimate of drug-likeness (QED) is 0.759. The number of benzene rings is 1. The molecule has 0 heterocycles. The molecular weight excluding hydrogens is 222 g/mol. The van der Waals surface area contributed by atoms with Crippen LogP contribution in [0.1, 0.15) is 34.6 Å². The maximum Gasteiger partial charge on any atom is 0.106 e. The van der Waals surface area contributed by atoms with Gasteiger partial charge in [-0.15, -0.1) is 0 Å². The van der Waals surface area contributed by atoms with Gasteiger partial charge < -0.3 is 10.1 Å². The van der Waals surface area contributed by atoms with Gasteiger partial charge in [-0.05, 0) is 25.1 Å². The van der Waals surface area contributed by atoms with E-state index in [1.165, 1.54) is 0 Å². The maximum absolute atomic E-state index is 8.00. The molecule has 0 aliphatic heterocycles. The lowest BCUT2D eigenvalue weighted by atomic mass is 10.3. The van der Waals surface area contributed by atoms with Crippen molar-refractivity contribution in [2.45, 2.75) is 34.6 Å². The highest BCUT2D eigenvalue weighted by molar-refractivity contribution is 5.49. The molecule has 1 aromatic carbocycles.